The quantitative estimate of drug-likeness (QED) is 0.782. The van der Waals surface area contributed by atoms with Crippen LogP contribution in [0.15, 0.2) is 24.3 Å². The SMILES string of the molecule is O=C(NCC1CCCC1O)Nc1ccc(OC(F)F)cc1. The van der Waals surface area contributed by atoms with Gasteiger partial charge in [0.15, 0.2) is 0 Å². The van der Waals surface area contributed by atoms with Crippen LogP contribution in [-0.2, 0) is 0 Å². The van der Waals surface area contributed by atoms with Gasteiger partial charge in [-0.25, -0.2) is 4.79 Å². The van der Waals surface area contributed by atoms with E-state index in [-0.39, 0.29) is 17.8 Å². The molecule has 1 saturated carbocycles. The van der Waals surface area contributed by atoms with E-state index in [1.165, 1.54) is 24.3 Å². The van der Waals surface area contributed by atoms with Crippen molar-refractivity contribution in [1.82, 2.24) is 5.32 Å². The van der Waals surface area contributed by atoms with Crippen molar-refractivity contribution in [3.63, 3.8) is 0 Å². The molecule has 3 N–H and O–H groups in total. The summed E-state index contributed by atoms with van der Waals surface area (Å²) in [6, 6.07) is 5.26. The summed E-state index contributed by atoms with van der Waals surface area (Å²) in [7, 11) is 0. The third-order valence-corrected chi connectivity index (χ3v) is 3.48. The summed E-state index contributed by atoms with van der Waals surface area (Å²) in [5.74, 6) is 0.127. The smallest absolute Gasteiger partial charge is 0.387 e. The molecule has 2 atom stereocenters. The lowest BCUT2D eigenvalue weighted by atomic mass is 10.1. The Kier molecular flexibility index (Phi) is 5.32. The van der Waals surface area contributed by atoms with Gasteiger partial charge in [0, 0.05) is 18.2 Å². The maximum atomic E-state index is 12.0. The fraction of sp³-hybridized carbons (Fsp3) is 0.500. The minimum Gasteiger partial charge on any atom is -0.435 e. The van der Waals surface area contributed by atoms with Crippen LogP contribution in [0.3, 0.4) is 0 Å². The van der Waals surface area contributed by atoms with Crippen LogP contribution < -0.4 is 15.4 Å². The van der Waals surface area contributed by atoms with E-state index in [0.29, 0.717) is 12.2 Å². The highest BCUT2D eigenvalue weighted by Crippen LogP contribution is 2.24. The zero-order chi connectivity index (χ0) is 15.2. The first kappa shape index (κ1) is 15.5. The Hall–Kier alpha value is -1.89. The molecule has 0 heterocycles. The van der Waals surface area contributed by atoms with E-state index in [1.54, 1.807) is 0 Å². The van der Waals surface area contributed by atoms with E-state index in [2.05, 4.69) is 15.4 Å². The highest BCUT2D eigenvalue weighted by molar-refractivity contribution is 5.89. The molecule has 0 spiro atoms. The average molecular weight is 300 g/mol. The first-order chi connectivity index (χ1) is 10.0. The number of alkyl halides is 2. The van der Waals surface area contributed by atoms with Gasteiger partial charge in [0.1, 0.15) is 5.75 Å². The van der Waals surface area contributed by atoms with E-state index in [4.69, 9.17) is 0 Å². The van der Waals surface area contributed by atoms with Crippen molar-refractivity contribution in [2.24, 2.45) is 5.92 Å². The number of aliphatic hydroxyl groups is 1. The number of hydrogen-bond acceptors (Lipinski definition) is 3. The second-order valence-corrected chi connectivity index (χ2v) is 5.00. The van der Waals surface area contributed by atoms with Gasteiger partial charge in [-0.15, -0.1) is 0 Å². The van der Waals surface area contributed by atoms with Gasteiger partial charge in [0.25, 0.3) is 0 Å². The Balaban J connectivity index is 1.77. The highest BCUT2D eigenvalue weighted by Gasteiger charge is 2.25. The van der Waals surface area contributed by atoms with Crippen molar-refractivity contribution in [1.29, 1.82) is 0 Å². The fourth-order valence-electron chi connectivity index (χ4n) is 2.37. The maximum absolute atomic E-state index is 12.0. The summed E-state index contributed by atoms with van der Waals surface area (Å²) in [4.78, 5) is 11.7. The van der Waals surface area contributed by atoms with Crippen LogP contribution in [0.4, 0.5) is 19.3 Å². The number of urea groups is 1. The Morgan fingerprint density at radius 2 is 2.05 bits per heavy atom. The van der Waals surface area contributed by atoms with Gasteiger partial charge in [-0.1, -0.05) is 6.42 Å². The summed E-state index contributed by atoms with van der Waals surface area (Å²) >= 11 is 0. The van der Waals surface area contributed by atoms with Crippen molar-refractivity contribution < 1.29 is 23.4 Å². The number of ether oxygens (including phenoxy) is 1. The zero-order valence-electron chi connectivity index (χ0n) is 11.4. The molecule has 2 unspecified atom stereocenters. The number of rotatable bonds is 5. The molecular formula is C14H18F2N2O3. The van der Waals surface area contributed by atoms with Crippen LogP contribution in [0, 0.1) is 5.92 Å². The molecule has 0 radical (unpaired) electrons. The molecule has 1 aliphatic carbocycles. The second-order valence-electron chi connectivity index (χ2n) is 5.00. The van der Waals surface area contributed by atoms with Crippen LogP contribution >= 0.6 is 0 Å². The first-order valence-corrected chi connectivity index (χ1v) is 6.82. The summed E-state index contributed by atoms with van der Waals surface area (Å²) < 4.78 is 28.2. The summed E-state index contributed by atoms with van der Waals surface area (Å²) in [5, 5.41) is 14.9. The van der Waals surface area contributed by atoms with Gasteiger partial charge in [-0.3, -0.25) is 0 Å². The Labute approximate surface area is 121 Å². The van der Waals surface area contributed by atoms with Gasteiger partial charge < -0.3 is 20.5 Å². The lowest BCUT2D eigenvalue weighted by Gasteiger charge is -2.15. The standard InChI is InChI=1S/C14H18F2N2O3/c15-13(16)21-11-6-4-10(5-7-11)18-14(20)17-8-9-2-1-3-12(9)19/h4-7,9,12-13,19H,1-3,8H2,(H2,17,18,20). The van der Waals surface area contributed by atoms with Crippen LogP contribution in [0.5, 0.6) is 5.75 Å². The molecule has 1 aliphatic rings. The van der Waals surface area contributed by atoms with Crippen molar-refractivity contribution in [3.8, 4) is 5.75 Å². The molecule has 1 aromatic carbocycles. The van der Waals surface area contributed by atoms with Gasteiger partial charge in [-0.05, 0) is 37.1 Å². The molecule has 1 fully saturated rings. The minimum atomic E-state index is -2.87. The highest BCUT2D eigenvalue weighted by atomic mass is 19.3. The Bertz CT molecular complexity index is 468. The third kappa shape index (κ3) is 4.86. The number of hydrogen-bond donors (Lipinski definition) is 3. The molecule has 0 aliphatic heterocycles. The number of anilines is 1. The van der Waals surface area contributed by atoms with Crippen LogP contribution in [0.2, 0.25) is 0 Å². The number of carbonyl (C=O) groups is 1. The second kappa shape index (κ2) is 7.21. The summed E-state index contributed by atoms with van der Waals surface area (Å²) in [5.41, 5.74) is 0.473. The van der Waals surface area contributed by atoms with E-state index in [1.807, 2.05) is 0 Å². The average Bonchev–Trinajstić information content (AvgIpc) is 2.84. The van der Waals surface area contributed by atoms with Gasteiger partial charge >= 0.3 is 12.6 Å². The van der Waals surface area contributed by atoms with Crippen LogP contribution in [0.25, 0.3) is 0 Å². The van der Waals surface area contributed by atoms with Crippen LogP contribution in [-0.4, -0.2) is 30.4 Å². The van der Waals surface area contributed by atoms with Crippen LogP contribution in [0.1, 0.15) is 19.3 Å². The van der Waals surface area contributed by atoms with E-state index < -0.39 is 12.6 Å². The van der Waals surface area contributed by atoms with E-state index in [0.717, 1.165) is 19.3 Å². The first-order valence-electron chi connectivity index (χ1n) is 6.82. The van der Waals surface area contributed by atoms with Gasteiger partial charge in [0.05, 0.1) is 6.10 Å². The molecule has 2 amide bonds. The van der Waals surface area contributed by atoms with Crippen molar-refractivity contribution in [2.75, 3.05) is 11.9 Å². The topological polar surface area (TPSA) is 70.6 Å². The normalized spacial score (nSPS) is 21.3. The number of carbonyl (C=O) groups excluding carboxylic acids is 1. The molecular weight excluding hydrogens is 282 g/mol. The molecule has 0 aromatic heterocycles. The lowest BCUT2D eigenvalue weighted by Crippen LogP contribution is -2.35. The minimum absolute atomic E-state index is 0.0324. The lowest BCUT2D eigenvalue weighted by molar-refractivity contribution is -0.0498. The molecule has 2 rings (SSSR count). The summed E-state index contributed by atoms with van der Waals surface area (Å²) in [6.07, 6.45) is 2.30. The van der Waals surface area contributed by atoms with E-state index in [9.17, 15) is 18.7 Å². The Morgan fingerprint density at radius 3 is 2.62 bits per heavy atom. The van der Waals surface area contributed by atoms with Crippen molar-refractivity contribution in [2.45, 2.75) is 32.0 Å². The zero-order valence-corrected chi connectivity index (χ0v) is 11.4. The molecule has 5 nitrogen and oxygen atoms in total. The summed E-state index contributed by atoms with van der Waals surface area (Å²) in [6.45, 7) is -2.45. The number of nitrogens with one attached hydrogen (secondary N) is 2. The largest absolute Gasteiger partial charge is 0.435 e. The van der Waals surface area contributed by atoms with Gasteiger partial charge in [0.2, 0.25) is 0 Å². The molecule has 1 aromatic rings. The monoisotopic (exact) mass is 300 g/mol. The molecule has 0 saturated heterocycles. The molecule has 7 heteroatoms. The van der Waals surface area contributed by atoms with Gasteiger partial charge in [-0.2, -0.15) is 8.78 Å². The van der Waals surface area contributed by atoms with Crippen molar-refractivity contribution >= 4 is 11.7 Å². The Morgan fingerprint density at radius 1 is 1.33 bits per heavy atom. The third-order valence-electron chi connectivity index (χ3n) is 3.48. The number of benzene rings is 1. The number of halogens is 2. The fourth-order valence-corrected chi connectivity index (χ4v) is 2.37. The number of amides is 2. The molecule has 0 bridgehead atoms. The van der Waals surface area contributed by atoms with Crippen molar-refractivity contribution in [3.05, 3.63) is 24.3 Å². The predicted molar refractivity (Wildman–Crippen MR) is 73.4 cm³/mol. The molecule has 21 heavy (non-hydrogen) atoms. The number of aliphatic hydroxyl groups excluding tert-OH is 1. The van der Waals surface area contributed by atoms with E-state index >= 15 is 0 Å². The molecule has 116 valence electrons. The maximum Gasteiger partial charge on any atom is 0.387 e. The predicted octanol–water partition coefficient (Wildman–Crippen LogP) is 2.57.